The molecule has 0 bridgehead atoms. The molecule has 0 aliphatic carbocycles. The maximum absolute atomic E-state index is 4.48. The maximum Gasteiger partial charge on any atom is 0.0762 e. The second-order valence-corrected chi connectivity index (χ2v) is 3.57. The van der Waals surface area contributed by atoms with Crippen molar-refractivity contribution in [2.45, 2.75) is 39.8 Å². The van der Waals surface area contributed by atoms with Crippen molar-refractivity contribution >= 4 is 0 Å². The van der Waals surface area contributed by atoms with E-state index in [1.807, 2.05) is 17.8 Å². The fourth-order valence-electron chi connectivity index (χ4n) is 1.25. The van der Waals surface area contributed by atoms with Gasteiger partial charge in [-0.3, -0.25) is 4.68 Å². The maximum atomic E-state index is 4.48. The molecule has 1 unspecified atom stereocenters. The molecule has 0 aliphatic heterocycles. The zero-order valence-corrected chi connectivity index (χ0v) is 9.75. The van der Waals surface area contributed by atoms with E-state index < -0.39 is 0 Å². The minimum atomic E-state index is 0.481. The molecule has 0 aliphatic rings. The van der Waals surface area contributed by atoms with Crippen molar-refractivity contribution in [1.82, 2.24) is 15.1 Å². The molecule has 1 aromatic heterocycles. The second kappa shape index (κ2) is 6.26. The Balaban J connectivity index is 2.41. The summed E-state index contributed by atoms with van der Waals surface area (Å²) in [7, 11) is 0. The van der Waals surface area contributed by atoms with E-state index in [0.29, 0.717) is 6.04 Å². The van der Waals surface area contributed by atoms with E-state index in [1.165, 1.54) is 0 Å². The Morgan fingerprint density at radius 1 is 1.60 bits per heavy atom. The molecule has 1 aromatic rings. The van der Waals surface area contributed by atoms with E-state index in [0.717, 1.165) is 25.2 Å². The van der Waals surface area contributed by atoms with Crippen molar-refractivity contribution in [2.75, 3.05) is 6.54 Å². The average molecular weight is 205 g/mol. The van der Waals surface area contributed by atoms with Gasteiger partial charge in [0.15, 0.2) is 0 Å². The van der Waals surface area contributed by atoms with Crippen molar-refractivity contribution in [3.05, 3.63) is 18.0 Å². The van der Waals surface area contributed by atoms with Crippen molar-refractivity contribution in [2.24, 2.45) is 0 Å². The van der Waals surface area contributed by atoms with Gasteiger partial charge in [0.05, 0.1) is 12.2 Å². The molecule has 0 fully saturated rings. The van der Waals surface area contributed by atoms with Gasteiger partial charge in [0.1, 0.15) is 0 Å². The van der Waals surface area contributed by atoms with Crippen LogP contribution in [-0.4, -0.2) is 16.3 Å². The van der Waals surface area contributed by atoms with Gasteiger partial charge >= 0.3 is 0 Å². The van der Waals surface area contributed by atoms with Crippen LogP contribution >= 0.6 is 0 Å². The minimum absolute atomic E-state index is 0.481. The largest absolute Gasteiger partial charge is 0.300 e. The third kappa shape index (κ3) is 3.77. The van der Waals surface area contributed by atoms with Crippen LogP contribution < -0.4 is 5.32 Å². The van der Waals surface area contributed by atoms with Crippen molar-refractivity contribution in [3.63, 3.8) is 0 Å². The van der Waals surface area contributed by atoms with Crippen molar-refractivity contribution < 1.29 is 0 Å². The summed E-state index contributed by atoms with van der Waals surface area (Å²) in [6.07, 6.45) is 3.15. The van der Waals surface area contributed by atoms with E-state index >= 15 is 0 Å². The predicted octanol–water partition coefficient (Wildman–Crippen LogP) is 1.97. The summed E-state index contributed by atoms with van der Waals surface area (Å²) in [4.78, 5) is 0. The molecule has 0 saturated heterocycles. The summed E-state index contributed by atoms with van der Waals surface area (Å²) in [6, 6.07) is 2.53. The number of hydrogen-bond donors (Lipinski definition) is 1. The quantitative estimate of drug-likeness (QED) is 0.588. The molecule has 3 nitrogen and oxygen atoms in total. The van der Waals surface area contributed by atoms with Gasteiger partial charge in [-0.1, -0.05) is 12.8 Å². The highest BCUT2D eigenvalue weighted by Crippen LogP contribution is 2.08. The third-order valence-electron chi connectivity index (χ3n) is 2.40. The zero-order chi connectivity index (χ0) is 11.1. The molecule has 0 radical (unpaired) electrons. The lowest BCUT2D eigenvalue weighted by atomic mass is 10.3. The average Bonchev–Trinajstić information content (AvgIpc) is 2.72. The normalized spacial score (nSPS) is 11.9. The highest BCUT2D eigenvalue weighted by Gasteiger charge is 2.03. The van der Waals surface area contributed by atoms with E-state index in [1.54, 1.807) is 0 Å². The van der Waals surface area contributed by atoms with Crippen LogP contribution in [0.4, 0.5) is 0 Å². The molecule has 0 saturated carbocycles. The number of hydrogen-bond acceptors (Lipinski definition) is 2. The zero-order valence-electron chi connectivity index (χ0n) is 9.75. The fraction of sp³-hybridized carbons (Fsp3) is 0.583. The van der Waals surface area contributed by atoms with E-state index in [-0.39, 0.29) is 0 Å². The lowest BCUT2D eigenvalue weighted by Gasteiger charge is -2.08. The van der Waals surface area contributed by atoms with Gasteiger partial charge in [-0.25, -0.2) is 0 Å². The molecular formula is C12H19N3. The molecule has 3 heteroatoms. The third-order valence-corrected chi connectivity index (χ3v) is 2.40. The Bertz CT molecular complexity index is 343. The Hall–Kier alpha value is -1.27. The van der Waals surface area contributed by atoms with Gasteiger partial charge in [-0.2, -0.15) is 5.10 Å². The summed E-state index contributed by atoms with van der Waals surface area (Å²) in [6.45, 7) is 7.71. The Labute approximate surface area is 91.9 Å². The smallest absolute Gasteiger partial charge is 0.0762 e. The summed E-state index contributed by atoms with van der Waals surface area (Å²) in [5.74, 6) is 5.81. The van der Waals surface area contributed by atoms with Crippen LogP contribution in [0.25, 0.3) is 0 Å². The van der Waals surface area contributed by atoms with Gasteiger partial charge in [-0.05, 0) is 26.3 Å². The van der Waals surface area contributed by atoms with Crippen LogP contribution in [-0.2, 0) is 6.54 Å². The molecule has 82 valence electrons. The summed E-state index contributed by atoms with van der Waals surface area (Å²) in [5, 5.41) is 7.71. The van der Waals surface area contributed by atoms with Gasteiger partial charge in [0.25, 0.3) is 0 Å². The number of nitrogens with zero attached hydrogens (tertiary/aromatic N) is 2. The van der Waals surface area contributed by atoms with Gasteiger partial charge in [0.2, 0.25) is 0 Å². The first-order valence-corrected chi connectivity index (χ1v) is 5.42. The highest BCUT2D eigenvalue weighted by atomic mass is 15.3. The van der Waals surface area contributed by atoms with Crippen LogP contribution in [0.5, 0.6) is 0 Å². The van der Waals surface area contributed by atoms with Gasteiger partial charge in [-0.15, -0.1) is 5.92 Å². The first kappa shape index (κ1) is 11.8. The van der Waals surface area contributed by atoms with Crippen molar-refractivity contribution in [3.8, 4) is 11.8 Å². The number of nitrogens with one attached hydrogen (secondary N) is 1. The second-order valence-electron chi connectivity index (χ2n) is 3.57. The fourth-order valence-corrected chi connectivity index (χ4v) is 1.25. The first-order valence-electron chi connectivity index (χ1n) is 5.42. The topological polar surface area (TPSA) is 29.9 Å². The first-order chi connectivity index (χ1) is 7.27. The van der Waals surface area contributed by atoms with Crippen LogP contribution in [0.15, 0.2) is 12.3 Å². The minimum Gasteiger partial charge on any atom is -0.300 e. The van der Waals surface area contributed by atoms with Crippen molar-refractivity contribution in [1.29, 1.82) is 0 Å². The van der Waals surface area contributed by atoms with Gasteiger partial charge in [0, 0.05) is 18.8 Å². The molecule has 1 N–H and O–H groups in total. The highest BCUT2D eigenvalue weighted by molar-refractivity contribution is 5.01. The molecule has 15 heavy (non-hydrogen) atoms. The Morgan fingerprint density at radius 3 is 3.07 bits per heavy atom. The van der Waals surface area contributed by atoms with E-state index in [4.69, 9.17) is 0 Å². The molecule has 1 rings (SSSR count). The summed E-state index contributed by atoms with van der Waals surface area (Å²) >= 11 is 0. The summed E-state index contributed by atoms with van der Waals surface area (Å²) < 4.78 is 2.02. The molecule has 1 atom stereocenters. The molecule has 0 aromatic carbocycles. The van der Waals surface area contributed by atoms with E-state index in [2.05, 4.69) is 42.2 Å². The SMILES string of the molecule is CC#CCNCc1ccn(C(C)CC)n1. The Morgan fingerprint density at radius 2 is 2.40 bits per heavy atom. The standard InChI is InChI=1S/C12H19N3/c1-4-6-8-13-10-12-7-9-15(14-12)11(3)5-2/h7,9,11,13H,5,8,10H2,1-3H3. The lowest BCUT2D eigenvalue weighted by molar-refractivity contribution is 0.472. The van der Waals surface area contributed by atoms with Gasteiger partial charge < -0.3 is 5.32 Å². The van der Waals surface area contributed by atoms with Crippen LogP contribution in [0.2, 0.25) is 0 Å². The van der Waals surface area contributed by atoms with Crippen LogP contribution in [0.3, 0.4) is 0 Å². The van der Waals surface area contributed by atoms with Crippen LogP contribution in [0.1, 0.15) is 38.9 Å². The van der Waals surface area contributed by atoms with E-state index in [9.17, 15) is 0 Å². The summed E-state index contributed by atoms with van der Waals surface area (Å²) in [5.41, 5.74) is 1.08. The predicted molar refractivity (Wildman–Crippen MR) is 62.4 cm³/mol. The van der Waals surface area contributed by atoms with Crippen LogP contribution in [0, 0.1) is 11.8 Å². The lowest BCUT2D eigenvalue weighted by Crippen LogP contribution is -2.14. The molecule has 1 heterocycles. The molecule has 0 amide bonds. The monoisotopic (exact) mass is 205 g/mol. The number of aromatic nitrogens is 2. The Kier molecular flexibility index (Phi) is 4.92. The molecular weight excluding hydrogens is 186 g/mol. The number of rotatable bonds is 5. The molecule has 0 spiro atoms.